The minimum Gasteiger partial charge on any atom is -0.326 e. The van der Waals surface area contributed by atoms with Crippen LogP contribution in [0.3, 0.4) is 0 Å². The molecule has 0 bridgehead atoms. The van der Waals surface area contributed by atoms with Gasteiger partial charge in [0.1, 0.15) is 0 Å². The SMILES string of the molecule is Cc1ccc(NC(=O)C(C)CS(=O)(=O)c2ccc3c(c2)NC(=O)CCS3)cc1Cl. The largest absolute Gasteiger partial charge is 0.326 e. The monoisotopic (exact) mass is 452 g/mol. The number of sulfone groups is 1. The molecule has 0 spiro atoms. The predicted molar refractivity (Wildman–Crippen MR) is 116 cm³/mol. The molecule has 0 aromatic heterocycles. The van der Waals surface area contributed by atoms with Gasteiger partial charge in [0.2, 0.25) is 11.8 Å². The van der Waals surface area contributed by atoms with E-state index in [0.29, 0.717) is 28.6 Å². The van der Waals surface area contributed by atoms with Crippen LogP contribution in [0.4, 0.5) is 11.4 Å². The van der Waals surface area contributed by atoms with E-state index in [0.717, 1.165) is 10.5 Å². The topological polar surface area (TPSA) is 92.3 Å². The third kappa shape index (κ3) is 5.32. The first-order valence-corrected chi connectivity index (χ1v) is 12.0. The van der Waals surface area contributed by atoms with Crippen molar-refractivity contribution in [2.45, 2.75) is 30.1 Å². The zero-order valence-electron chi connectivity index (χ0n) is 16.0. The number of fused-ring (bicyclic) bond motifs is 1. The molecule has 0 fully saturated rings. The molecule has 29 heavy (non-hydrogen) atoms. The molecule has 3 rings (SSSR count). The van der Waals surface area contributed by atoms with Crippen LogP contribution in [0.2, 0.25) is 5.02 Å². The van der Waals surface area contributed by atoms with E-state index in [2.05, 4.69) is 10.6 Å². The summed E-state index contributed by atoms with van der Waals surface area (Å²) in [5.74, 6) is -1.03. The van der Waals surface area contributed by atoms with Crippen molar-refractivity contribution < 1.29 is 18.0 Å². The van der Waals surface area contributed by atoms with E-state index in [1.807, 2.05) is 6.92 Å². The van der Waals surface area contributed by atoms with Gasteiger partial charge in [-0.1, -0.05) is 24.6 Å². The standard InChI is InChI=1S/C20H21ClN2O4S2/c1-12-3-4-14(9-16(12)21)22-20(25)13(2)11-29(26,27)15-5-6-18-17(10-15)23-19(24)7-8-28-18/h3-6,9-10,13H,7-8,11H2,1-2H3,(H,22,25)(H,23,24). The molecule has 2 aromatic carbocycles. The molecule has 6 nitrogen and oxygen atoms in total. The van der Waals surface area contributed by atoms with Gasteiger partial charge in [0.05, 0.1) is 16.3 Å². The van der Waals surface area contributed by atoms with Crippen LogP contribution in [0.1, 0.15) is 18.9 Å². The van der Waals surface area contributed by atoms with Gasteiger partial charge in [-0.2, -0.15) is 0 Å². The third-order valence-corrected chi connectivity index (χ3v) is 7.92. The summed E-state index contributed by atoms with van der Waals surface area (Å²) in [4.78, 5) is 25.1. The Kier molecular flexibility index (Phi) is 6.55. The van der Waals surface area contributed by atoms with E-state index >= 15 is 0 Å². The van der Waals surface area contributed by atoms with Crippen LogP contribution in [0.15, 0.2) is 46.2 Å². The summed E-state index contributed by atoms with van der Waals surface area (Å²) in [6, 6.07) is 9.79. The zero-order chi connectivity index (χ0) is 21.2. The highest BCUT2D eigenvalue weighted by atomic mass is 35.5. The van der Waals surface area contributed by atoms with E-state index in [1.165, 1.54) is 23.9 Å². The number of aryl methyl sites for hydroxylation is 1. The van der Waals surface area contributed by atoms with Gasteiger partial charge < -0.3 is 10.6 Å². The van der Waals surface area contributed by atoms with Crippen LogP contribution in [0.5, 0.6) is 0 Å². The van der Waals surface area contributed by atoms with Crippen molar-refractivity contribution in [1.82, 2.24) is 0 Å². The van der Waals surface area contributed by atoms with Gasteiger partial charge in [0.15, 0.2) is 9.84 Å². The van der Waals surface area contributed by atoms with Crippen LogP contribution in [0.25, 0.3) is 0 Å². The second kappa shape index (κ2) is 8.77. The van der Waals surface area contributed by atoms with Crippen molar-refractivity contribution in [3.63, 3.8) is 0 Å². The number of carbonyl (C=O) groups is 2. The van der Waals surface area contributed by atoms with Gasteiger partial charge in [-0.25, -0.2) is 8.42 Å². The zero-order valence-corrected chi connectivity index (χ0v) is 18.4. The highest BCUT2D eigenvalue weighted by Gasteiger charge is 2.25. The lowest BCUT2D eigenvalue weighted by atomic mass is 10.2. The number of thioether (sulfide) groups is 1. The molecule has 0 saturated carbocycles. The number of benzene rings is 2. The molecule has 0 aliphatic carbocycles. The van der Waals surface area contributed by atoms with Crippen molar-refractivity contribution in [2.24, 2.45) is 5.92 Å². The number of amides is 2. The Balaban J connectivity index is 1.73. The Hall–Kier alpha value is -2.03. The lowest BCUT2D eigenvalue weighted by Gasteiger charge is -2.14. The first-order valence-electron chi connectivity index (χ1n) is 9.02. The number of rotatable bonds is 5. The fourth-order valence-electron chi connectivity index (χ4n) is 2.83. The number of hydrogen-bond acceptors (Lipinski definition) is 5. The molecule has 154 valence electrons. The number of hydrogen-bond donors (Lipinski definition) is 2. The van der Waals surface area contributed by atoms with Gasteiger partial charge in [0.25, 0.3) is 0 Å². The molecule has 9 heteroatoms. The minimum absolute atomic E-state index is 0.0806. The van der Waals surface area contributed by atoms with Crippen molar-refractivity contribution in [3.05, 3.63) is 47.0 Å². The molecule has 2 aromatic rings. The van der Waals surface area contributed by atoms with Crippen LogP contribution >= 0.6 is 23.4 Å². The summed E-state index contributed by atoms with van der Waals surface area (Å²) in [5, 5.41) is 5.96. The van der Waals surface area contributed by atoms with Gasteiger partial charge in [-0.15, -0.1) is 11.8 Å². The maximum atomic E-state index is 12.8. The van der Waals surface area contributed by atoms with Crippen LogP contribution in [-0.4, -0.2) is 31.7 Å². The summed E-state index contributed by atoms with van der Waals surface area (Å²) in [7, 11) is -3.72. The van der Waals surface area contributed by atoms with E-state index in [4.69, 9.17) is 11.6 Å². The van der Waals surface area contributed by atoms with Crippen molar-refractivity contribution in [3.8, 4) is 0 Å². The predicted octanol–water partition coefficient (Wildman–Crippen LogP) is 4.13. The fraction of sp³-hybridized carbons (Fsp3) is 0.300. The fourth-order valence-corrected chi connectivity index (χ4v) is 5.52. The lowest BCUT2D eigenvalue weighted by molar-refractivity contribution is -0.119. The molecule has 0 saturated heterocycles. The first-order chi connectivity index (χ1) is 13.7. The molecular formula is C20H21ClN2O4S2. The van der Waals surface area contributed by atoms with E-state index < -0.39 is 21.7 Å². The van der Waals surface area contributed by atoms with E-state index in [9.17, 15) is 18.0 Å². The summed E-state index contributed by atoms with van der Waals surface area (Å²) in [6.45, 7) is 3.41. The van der Waals surface area contributed by atoms with Gasteiger partial charge in [-0.05, 0) is 42.8 Å². The third-order valence-electron chi connectivity index (χ3n) is 4.53. The minimum atomic E-state index is -3.72. The average Bonchev–Trinajstić information content (AvgIpc) is 2.84. The van der Waals surface area contributed by atoms with Crippen molar-refractivity contribution >= 4 is 56.4 Å². The summed E-state index contributed by atoms with van der Waals surface area (Å²) < 4.78 is 25.7. The average molecular weight is 453 g/mol. The number of anilines is 2. The molecule has 1 aliphatic heterocycles. The second-order valence-corrected chi connectivity index (χ2v) is 10.5. The first kappa shape index (κ1) is 21.7. The molecule has 1 atom stereocenters. The smallest absolute Gasteiger partial charge is 0.228 e. The molecule has 1 aliphatic rings. The second-order valence-electron chi connectivity index (χ2n) is 6.94. The molecule has 1 unspecified atom stereocenters. The van der Waals surface area contributed by atoms with Crippen molar-refractivity contribution in [1.29, 1.82) is 0 Å². The highest BCUT2D eigenvalue weighted by molar-refractivity contribution is 7.99. The normalized spacial score (nSPS) is 15.1. The molecule has 2 N–H and O–H groups in total. The van der Waals surface area contributed by atoms with Gasteiger partial charge in [-0.3, -0.25) is 9.59 Å². The van der Waals surface area contributed by atoms with Crippen LogP contribution in [0, 0.1) is 12.8 Å². The Morgan fingerprint density at radius 3 is 2.76 bits per heavy atom. The lowest BCUT2D eigenvalue weighted by Crippen LogP contribution is -2.27. The number of carbonyl (C=O) groups excluding carboxylic acids is 2. The van der Waals surface area contributed by atoms with Crippen molar-refractivity contribution in [2.75, 3.05) is 22.1 Å². The molecule has 1 heterocycles. The number of halogens is 1. The van der Waals surface area contributed by atoms with Crippen LogP contribution < -0.4 is 10.6 Å². The van der Waals surface area contributed by atoms with Gasteiger partial charge in [0, 0.05) is 33.7 Å². The molecule has 0 radical (unpaired) electrons. The van der Waals surface area contributed by atoms with E-state index in [1.54, 1.807) is 31.2 Å². The highest BCUT2D eigenvalue weighted by Crippen LogP contribution is 2.33. The Morgan fingerprint density at radius 2 is 2.03 bits per heavy atom. The Morgan fingerprint density at radius 1 is 1.28 bits per heavy atom. The number of nitrogens with one attached hydrogen (secondary N) is 2. The summed E-state index contributed by atoms with van der Waals surface area (Å²) in [6.07, 6.45) is 0.377. The Labute approximate surface area is 179 Å². The van der Waals surface area contributed by atoms with Crippen LogP contribution in [-0.2, 0) is 19.4 Å². The summed E-state index contributed by atoms with van der Waals surface area (Å²) in [5.41, 5.74) is 1.89. The molecule has 2 amide bonds. The maximum Gasteiger partial charge on any atom is 0.228 e. The van der Waals surface area contributed by atoms with E-state index in [-0.39, 0.29) is 16.6 Å². The maximum absolute atomic E-state index is 12.8. The van der Waals surface area contributed by atoms with Gasteiger partial charge >= 0.3 is 0 Å². The Bertz CT molecular complexity index is 1070. The quantitative estimate of drug-likeness (QED) is 0.711. The molecular weight excluding hydrogens is 432 g/mol. The summed E-state index contributed by atoms with van der Waals surface area (Å²) >= 11 is 7.57.